The van der Waals surface area contributed by atoms with Crippen molar-refractivity contribution in [1.29, 1.82) is 0 Å². The Morgan fingerprint density at radius 1 is 0.709 bits per heavy atom. The standard InChI is InChI=1S/C43H63N5O7/c1-30(2)26-35(39(50)43(5)18-19-43)45-42(53)37(28-33-14-10-7-11-15-33)47-41(52)36(27-31(3)4)46-40(51)34(17-16-32-12-8-6-9-13-32)44-38(49)29-55-25-22-48-20-23-54-24-21-48/h6-15,30-31,34-37H,16-29H2,1-5H3,(H,44,49)(H,45,53)(H,46,51)(H,47,52)/t34-,35-,36-,37-/m0/s1. The molecule has 2 fully saturated rings. The fourth-order valence-corrected chi connectivity index (χ4v) is 6.78. The van der Waals surface area contributed by atoms with Crippen LogP contribution in [0.2, 0.25) is 0 Å². The van der Waals surface area contributed by atoms with Crippen LogP contribution in [-0.4, -0.2) is 105 Å². The molecule has 2 aliphatic rings. The van der Waals surface area contributed by atoms with E-state index in [0.717, 1.165) is 37.1 Å². The molecule has 4 rings (SSSR count). The Labute approximate surface area is 327 Å². The SMILES string of the molecule is CC(C)C[C@H](NC(=O)[C@H](CCc1ccccc1)NC(=O)COCCN1CCOCC1)C(=O)N[C@@H](Cc1ccccc1)C(=O)N[C@@H](CC(C)C)C(=O)C1(C)CC1. The first-order valence-electron chi connectivity index (χ1n) is 20.0. The summed E-state index contributed by atoms with van der Waals surface area (Å²) in [6.07, 6.45) is 3.40. The lowest BCUT2D eigenvalue weighted by molar-refractivity contribution is -0.135. The van der Waals surface area contributed by atoms with E-state index in [2.05, 4.69) is 26.2 Å². The number of amides is 4. The number of ketones is 1. The Kier molecular flexibility index (Phi) is 17.3. The molecule has 2 aromatic rings. The summed E-state index contributed by atoms with van der Waals surface area (Å²) >= 11 is 0. The summed E-state index contributed by atoms with van der Waals surface area (Å²) in [7, 11) is 0. The van der Waals surface area contributed by atoms with Crippen molar-refractivity contribution in [2.45, 2.75) is 104 Å². The second-order valence-corrected chi connectivity index (χ2v) is 16.2. The lowest BCUT2D eigenvalue weighted by Gasteiger charge is -2.28. The van der Waals surface area contributed by atoms with E-state index in [1.807, 2.05) is 95.3 Å². The number of carbonyl (C=O) groups is 5. The molecule has 0 spiro atoms. The Hall–Kier alpha value is -4.13. The molecule has 302 valence electrons. The number of rotatable bonds is 23. The van der Waals surface area contributed by atoms with Crippen LogP contribution < -0.4 is 21.3 Å². The number of hydrogen-bond acceptors (Lipinski definition) is 8. The molecule has 4 amide bonds. The van der Waals surface area contributed by atoms with Gasteiger partial charge in [-0.25, -0.2) is 0 Å². The van der Waals surface area contributed by atoms with Gasteiger partial charge in [-0.2, -0.15) is 0 Å². The molecule has 12 heteroatoms. The van der Waals surface area contributed by atoms with E-state index < -0.39 is 53.2 Å². The van der Waals surface area contributed by atoms with Crippen molar-refractivity contribution in [2.75, 3.05) is 46.1 Å². The van der Waals surface area contributed by atoms with Crippen molar-refractivity contribution in [1.82, 2.24) is 26.2 Å². The second kappa shape index (κ2) is 21.8. The van der Waals surface area contributed by atoms with Crippen molar-refractivity contribution >= 4 is 29.4 Å². The summed E-state index contributed by atoms with van der Waals surface area (Å²) in [5, 5.41) is 11.7. The summed E-state index contributed by atoms with van der Waals surface area (Å²) < 4.78 is 11.1. The van der Waals surface area contributed by atoms with Gasteiger partial charge in [0.15, 0.2) is 5.78 Å². The average Bonchev–Trinajstić information content (AvgIpc) is 3.92. The third kappa shape index (κ3) is 15.1. The molecule has 4 N–H and O–H groups in total. The number of ether oxygens (including phenoxy) is 2. The zero-order chi connectivity index (χ0) is 39.8. The van der Waals surface area contributed by atoms with E-state index >= 15 is 0 Å². The van der Waals surface area contributed by atoms with Crippen LogP contribution in [0.4, 0.5) is 0 Å². The molecule has 4 atom stereocenters. The summed E-state index contributed by atoms with van der Waals surface area (Å²) in [6, 6.07) is 15.5. The predicted octanol–water partition coefficient (Wildman–Crippen LogP) is 3.61. The van der Waals surface area contributed by atoms with E-state index in [-0.39, 0.29) is 30.6 Å². The van der Waals surface area contributed by atoms with Gasteiger partial charge in [0.25, 0.3) is 0 Å². The number of benzene rings is 2. The molecule has 0 aromatic heterocycles. The number of nitrogens with zero attached hydrogens (tertiary/aromatic N) is 1. The highest BCUT2D eigenvalue weighted by molar-refractivity contribution is 5.97. The van der Waals surface area contributed by atoms with Crippen molar-refractivity contribution < 1.29 is 33.4 Å². The first kappa shape index (κ1) is 43.6. The Morgan fingerprint density at radius 2 is 1.24 bits per heavy atom. The fourth-order valence-electron chi connectivity index (χ4n) is 6.78. The van der Waals surface area contributed by atoms with Gasteiger partial charge in [0.2, 0.25) is 23.6 Å². The number of morpholine rings is 1. The van der Waals surface area contributed by atoms with Gasteiger partial charge in [-0.1, -0.05) is 95.3 Å². The number of Topliss-reactive ketones (excluding diaryl/α,β-unsaturated/α-hetero) is 1. The normalized spacial score (nSPS) is 17.4. The molecule has 1 aliphatic carbocycles. The maximum Gasteiger partial charge on any atom is 0.246 e. The van der Waals surface area contributed by atoms with Crippen molar-refractivity contribution in [3.63, 3.8) is 0 Å². The zero-order valence-corrected chi connectivity index (χ0v) is 33.4. The van der Waals surface area contributed by atoms with Gasteiger partial charge in [-0.15, -0.1) is 0 Å². The highest BCUT2D eigenvalue weighted by atomic mass is 16.5. The van der Waals surface area contributed by atoms with Gasteiger partial charge in [0, 0.05) is 31.5 Å². The summed E-state index contributed by atoms with van der Waals surface area (Å²) in [4.78, 5) is 70.9. The molecule has 1 heterocycles. The highest BCUT2D eigenvalue weighted by Gasteiger charge is 2.48. The van der Waals surface area contributed by atoms with Gasteiger partial charge in [-0.05, 0) is 61.5 Å². The minimum Gasteiger partial charge on any atom is -0.379 e. The van der Waals surface area contributed by atoms with Gasteiger partial charge < -0.3 is 30.7 Å². The van der Waals surface area contributed by atoms with Crippen LogP contribution in [0.1, 0.15) is 77.8 Å². The van der Waals surface area contributed by atoms with Crippen molar-refractivity contribution in [3.8, 4) is 0 Å². The lowest BCUT2D eigenvalue weighted by atomic mass is 9.91. The van der Waals surface area contributed by atoms with Crippen LogP contribution in [0, 0.1) is 17.3 Å². The van der Waals surface area contributed by atoms with Crippen molar-refractivity contribution in [3.05, 3.63) is 71.8 Å². The lowest BCUT2D eigenvalue weighted by Crippen LogP contribution is -2.59. The maximum absolute atomic E-state index is 14.1. The average molecular weight is 762 g/mol. The summed E-state index contributed by atoms with van der Waals surface area (Å²) in [6.45, 7) is 13.7. The second-order valence-electron chi connectivity index (χ2n) is 16.2. The molecular formula is C43H63N5O7. The molecule has 0 unspecified atom stereocenters. The van der Waals surface area contributed by atoms with E-state index in [0.29, 0.717) is 52.0 Å². The minimum atomic E-state index is -1.00. The zero-order valence-electron chi connectivity index (χ0n) is 33.4. The van der Waals surface area contributed by atoms with Crippen LogP contribution in [-0.2, 0) is 46.3 Å². The van der Waals surface area contributed by atoms with E-state index in [1.165, 1.54) is 0 Å². The van der Waals surface area contributed by atoms with E-state index in [9.17, 15) is 24.0 Å². The Morgan fingerprint density at radius 3 is 1.84 bits per heavy atom. The third-order valence-corrected chi connectivity index (χ3v) is 10.3. The number of hydrogen-bond donors (Lipinski definition) is 4. The Bertz CT molecular complexity index is 1530. The largest absolute Gasteiger partial charge is 0.379 e. The highest BCUT2D eigenvalue weighted by Crippen LogP contribution is 2.47. The van der Waals surface area contributed by atoms with Gasteiger partial charge >= 0.3 is 0 Å². The molecule has 55 heavy (non-hydrogen) atoms. The van der Waals surface area contributed by atoms with Gasteiger partial charge in [0.05, 0.1) is 25.9 Å². The quantitative estimate of drug-likeness (QED) is 0.125. The van der Waals surface area contributed by atoms with Crippen LogP contribution in [0.3, 0.4) is 0 Å². The molecule has 1 saturated carbocycles. The third-order valence-electron chi connectivity index (χ3n) is 10.3. The van der Waals surface area contributed by atoms with Crippen LogP contribution in [0.25, 0.3) is 0 Å². The summed E-state index contributed by atoms with van der Waals surface area (Å²) in [5.41, 5.74) is 1.41. The molecule has 1 aliphatic heterocycles. The van der Waals surface area contributed by atoms with E-state index in [4.69, 9.17) is 9.47 Å². The maximum atomic E-state index is 14.1. The molecule has 2 aromatic carbocycles. The molecule has 0 bridgehead atoms. The predicted molar refractivity (Wildman–Crippen MR) is 212 cm³/mol. The summed E-state index contributed by atoms with van der Waals surface area (Å²) in [5.74, 6) is -1.68. The van der Waals surface area contributed by atoms with Crippen LogP contribution in [0.15, 0.2) is 60.7 Å². The van der Waals surface area contributed by atoms with Gasteiger partial charge in [-0.3, -0.25) is 28.9 Å². The smallest absolute Gasteiger partial charge is 0.246 e. The van der Waals surface area contributed by atoms with Crippen LogP contribution in [0.5, 0.6) is 0 Å². The molecular weight excluding hydrogens is 699 g/mol. The molecule has 1 saturated heterocycles. The molecule has 12 nitrogen and oxygen atoms in total. The number of nitrogens with one attached hydrogen (secondary N) is 4. The fraction of sp³-hybridized carbons (Fsp3) is 0.605. The first-order chi connectivity index (χ1) is 26.3. The number of carbonyl (C=O) groups excluding carboxylic acids is 5. The Balaban J connectivity index is 1.46. The first-order valence-corrected chi connectivity index (χ1v) is 20.0. The monoisotopic (exact) mass is 761 g/mol. The number of aryl methyl sites for hydroxylation is 1. The van der Waals surface area contributed by atoms with E-state index in [1.54, 1.807) is 0 Å². The minimum absolute atomic E-state index is 0.0157. The van der Waals surface area contributed by atoms with Crippen molar-refractivity contribution in [2.24, 2.45) is 17.3 Å². The van der Waals surface area contributed by atoms with Gasteiger partial charge in [0.1, 0.15) is 24.7 Å². The van der Waals surface area contributed by atoms with Crippen LogP contribution >= 0.6 is 0 Å². The topological polar surface area (TPSA) is 155 Å². The molecule has 0 radical (unpaired) electrons.